The topological polar surface area (TPSA) is 66.6 Å². The first-order valence-electron chi connectivity index (χ1n) is 4.90. The molecule has 76 valence electrons. The number of hydrogen-bond donors (Lipinski definition) is 2. The lowest BCUT2D eigenvalue weighted by Crippen LogP contribution is -2.33. The molecule has 1 aliphatic heterocycles. The second kappa shape index (κ2) is 5.19. The normalized spacial score (nSPS) is 23.6. The maximum atomic E-state index is 10.5. The molecule has 0 aromatic heterocycles. The zero-order valence-electron chi connectivity index (χ0n) is 7.91. The predicted octanol–water partition coefficient (Wildman–Crippen LogP) is 0.274. The highest BCUT2D eigenvalue weighted by molar-refractivity contribution is 5.67. The number of likely N-dealkylation sites (tertiary alicyclic amines) is 1. The minimum absolute atomic E-state index is 0.254. The van der Waals surface area contributed by atoms with E-state index in [0.29, 0.717) is 6.54 Å². The molecule has 1 fully saturated rings. The van der Waals surface area contributed by atoms with Gasteiger partial charge in [0, 0.05) is 6.04 Å². The fourth-order valence-corrected chi connectivity index (χ4v) is 1.92. The van der Waals surface area contributed by atoms with Crippen LogP contribution in [0.4, 0.5) is 0 Å². The van der Waals surface area contributed by atoms with Crippen LogP contribution in [-0.2, 0) is 4.79 Å². The summed E-state index contributed by atoms with van der Waals surface area (Å²) in [6.45, 7) is 2.68. The van der Waals surface area contributed by atoms with Crippen molar-refractivity contribution in [2.24, 2.45) is 5.73 Å². The molecular weight excluding hydrogens is 168 g/mol. The van der Waals surface area contributed by atoms with E-state index in [1.54, 1.807) is 0 Å². The SMILES string of the molecule is NCCCN1CCCC1CC(=O)O. The highest BCUT2D eigenvalue weighted by Gasteiger charge is 2.25. The molecule has 0 aromatic carbocycles. The Kier molecular flexibility index (Phi) is 4.18. The van der Waals surface area contributed by atoms with Crippen molar-refractivity contribution < 1.29 is 9.90 Å². The van der Waals surface area contributed by atoms with Gasteiger partial charge in [0.1, 0.15) is 0 Å². The van der Waals surface area contributed by atoms with E-state index in [-0.39, 0.29) is 12.5 Å². The average Bonchev–Trinajstić information content (AvgIpc) is 2.48. The molecule has 4 heteroatoms. The summed E-state index contributed by atoms with van der Waals surface area (Å²) in [4.78, 5) is 12.8. The summed E-state index contributed by atoms with van der Waals surface area (Å²) in [5.41, 5.74) is 5.41. The Bertz CT molecular complexity index is 173. The van der Waals surface area contributed by atoms with Gasteiger partial charge in [0.25, 0.3) is 0 Å². The van der Waals surface area contributed by atoms with Crippen molar-refractivity contribution in [3.05, 3.63) is 0 Å². The average molecular weight is 186 g/mol. The number of carboxylic acid groups (broad SMARTS) is 1. The van der Waals surface area contributed by atoms with Crippen molar-refractivity contribution in [2.45, 2.75) is 31.7 Å². The summed E-state index contributed by atoms with van der Waals surface area (Å²) in [5.74, 6) is -0.690. The van der Waals surface area contributed by atoms with E-state index < -0.39 is 5.97 Å². The predicted molar refractivity (Wildman–Crippen MR) is 50.5 cm³/mol. The van der Waals surface area contributed by atoms with Crippen molar-refractivity contribution in [2.75, 3.05) is 19.6 Å². The Morgan fingerprint density at radius 2 is 2.38 bits per heavy atom. The zero-order valence-corrected chi connectivity index (χ0v) is 7.91. The third-order valence-corrected chi connectivity index (χ3v) is 2.56. The zero-order chi connectivity index (χ0) is 9.68. The Balaban J connectivity index is 2.30. The van der Waals surface area contributed by atoms with Gasteiger partial charge in [-0.3, -0.25) is 9.69 Å². The van der Waals surface area contributed by atoms with Gasteiger partial charge in [0.05, 0.1) is 6.42 Å². The lowest BCUT2D eigenvalue weighted by Gasteiger charge is -2.22. The van der Waals surface area contributed by atoms with Crippen molar-refractivity contribution in [1.82, 2.24) is 4.90 Å². The second-order valence-electron chi connectivity index (χ2n) is 3.57. The van der Waals surface area contributed by atoms with Gasteiger partial charge in [-0.25, -0.2) is 0 Å². The maximum absolute atomic E-state index is 10.5. The quantitative estimate of drug-likeness (QED) is 0.647. The van der Waals surface area contributed by atoms with E-state index in [9.17, 15) is 4.79 Å². The lowest BCUT2D eigenvalue weighted by molar-refractivity contribution is -0.138. The summed E-state index contributed by atoms with van der Waals surface area (Å²) >= 11 is 0. The van der Waals surface area contributed by atoms with Gasteiger partial charge >= 0.3 is 5.97 Å². The molecular formula is C9H18N2O2. The minimum Gasteiger partial charge on any atom is -0.481 e. The number of nitrogens with two attached hydrogens (primary N) is 1. The van der Waals surface area contributed by atoms with Crippen LogP contribution in [0.1, 0.15) is 25.7 Å². The molecule has 13 heavy (non-hydrogen) atoms. The summed E-state index contributed by atoms with van der Waals surface area (Å²) < 4.78 is 0. The molecule has 4 nitrogen and oxygen atoms in total. The Morgan fingerprint density at radius 1 is 1.62 bits per heavy atom. The van der Waals surface area contributed by atoms with Crippen LogP contribution < -0.4 is 5.73 Å². The van der Waals surface area contributed by atoms with E-state index in [0.717, 1.165) is 32.4 Å². The largest absolute Gasteiger partial charge is 0.481 e. The van der Waals surface area contributed by atoms with E-state index in [4.69, 9.17) is 10.8 Å². The summed E-state index contributed by atoms with van der Waals surface area (Å²) in [6, 6.07) is 0.254. The smallest absolute Gasteiger partial charge is 0.304 e. The van der Waals surface area contributed by atoms with Gasteiger partial charge in [-0.1, -0.05) is 0 Å². The van der Waals surface area contributed by atoms with Crippen LogP contribution in [0, 0.1) is 0 Å². The van der Waals surface area contributed by atoms with Gasteiger partial charge in [-0.05, 0) is 38.9 Å². The van der Waals surface area contributed by atoms with Crippen LogP contribution in [0.3, 0.4) is 0 Å². The van der Waals surface area contributed by atoms with Gasteiger partial charge in [-0.2, -0.15) is 0 Å². The molecule has 0 bridgehead atoms. The van der Waals surface area contributed by atoms with Crippen LogP contribution >= 0.6 is 0 Å². The summed E-state index contributed by atoms with van der Waals surface area (Å²) in [6.07, 6.45) is 3.40. The number of carbonyl (C=O) groups is 1. The fourth-order valence-electron chi connectivity index (χ4n) is 1.92. The molecule has 1 unspecified atom stereocenters. The Hall–Kier alpha value is -0.610. The van der Waals surface area contributed by atoms with Gasteiger partial charge in [-0.15, -0.1) is 0 Å². The van der Waals surface area contributed by atoms with Gasteiger partial charge in [0.2, 0.25) is 0 Å². The lowest BCUT2D eigenvalue weighted by atomic mass is 10.1. The molecule has 0 aliphatic carbocycles. The minimum atomic E-state index is -0.690. The third kappa shape index (κ3) is 3.32. The second-order valence-corrected chi connectivity index (χ2v) is 3.57. The van der Waals surface area contributed by atoms with Crippen LogP contribution in [0.25, 0.3) is 0 Å². The molecule has 3 N–H and O–H groups in total. The number of nitrogens with zero attached hydrogens (tertiary/aromatic N) is 1. The molecule has 1 rings (SSSR count). The Labute approximate surface area is 78.7 Å². The van der Waals surface area contributed by atoms with Crippen LogP contribution in [-0.4, -0.2) is 41.7 Å². The molecule has 1 saturated heterocycles. The van der Waals surface area contributed by atoms with Crippen LogP contribution in [0.5, 0.6) is 0 Å². The van der Waals surface area contributed by atoms with Crippen molar-refractivity contribution in [3.63, 3.8) is 0 Å². The van der Waals surface area contributed by atoms with E-state index in [1.165, 1.54) is 0 Å². The first kappa shape index (κ1) is 10.5. The third-order valence-electron chi connectivity index (χ3n) is 2.56. The molecule has 1 heterocycles. The monoisotopic (exact) mass is 186 g/mol. The van der Waals surface area contributed by atoms with Crippen LogP contribution in [0.2, 0.25) is 0 Å². The first-order chi connectivity index (χ1) is 6.24. The van der Waals surface area contributed by atoms with Crippen LogP contribution in [0.15, 0.2) is 0 Å². The molecule has 1 atom stereocenters. The molecule has 0 saturated carbocycles. The number of carboxylic acids is 1. The van der Waals surface area contributed by atoms with Gasteiger partial charge in [0.15, 0.2) is 0 Å². The number of hydrogen-bond acceptors (Lipinski definition) is 3. The molecule has 0 amide bonds. The summed E-state index contributed by atoms with van der Waals surface area (Å²) in [5, 5.41) is 8.67. The number of rotatable bonds is 5. The molecule has 0 radical (unpaired) electrons. The molecule has 0 aromatic rings. The fraction of sp³-hybridized carbons (Fsp3) is 0.889. The van der Waals surface area contributed by atoms with Gasteiger partial charge < -0.3 is 10.8 Å². The van der Waals surface area contributed by atoms with E-state index in [2.05, 4.69) is 4.90 Å². The highest BCUT2D eigenvalue weighted by Crippen LogP contribution is 2.19. The van der Waals surface area contributed by atoms with E-state index in [1.807, 2.05) is 0 Å². The highest BCUT2D eigenvalue weighted by atomic mass is 16.4. The first-order valence-corrected chi connectivity index (χ1v) is 4.90. The maximum Gasteiger partial charge on any atom is 0.304 e. The standard InChI is InChI=1S/C9H18N2O2/c10-4-2-6-11-5-1-3-8(11)7-9(12)13/h8H,1-7,10H2,(H,12,13). The number of aliphatic carboxylic acids is 1. The molecule has 1 aliphatic rings. The summed E-state index contributed by atoms with van der Waals surface area (Å²) in [7, 11) is 0. The van der Waals surface area contributed by atoms with Crippen molar-refractivity contribution in [3.8, 4) is 0 Å². The molecule has 0 spiro atoms. The van der Waals surface area contributed by atoms with Crippen molar-refractivity contribution in [1.29, 1.82) is 0 Å². The van der Waals surface area contributed by atoms with E-state index >= 15 is 0 Å². The van der Waals surface area contributed by atoms with Crippen molar-refractivity contribution >= 4 is 5.97 Å². The Morgan fingerprint density at radius 3 is 3.00 bits per heavy atom.